The second-order valence-corrected chi connectivity index (χ2v) is 5.79. The van der Waals surface area contributed by atoms with Gasteiger partial charge in [-0.2, -0.15) is 0 Å². The minimum Gasteiger partial charge on any atom is -0.409 e. The van der Waals surface area contributed by atoms with E-state index in [1.54, 1.807) is 0 Å². The smallest absolute Gasteiger partial charge is 0.147 e. The van der Waals surface area contributed by atoms with Gasteiger partial charge in [-0.15, -0.1) is 0 Å². The van der Waals surface area contributed by atoms with Crippen LogP contribution in [0.2, 0.25) is 0 Å². The molecule has 5 heteroatoms. The molecule has 2 atom stereocenters. The van der Waals surface area contributed by atoms with Gasteiger partial charge in [-0.05, 0) is 31.4 Å². The van der Waals surface area contributed by atoms with Gasteiger partial charge in [-0.25, -0.2) is 0 Å². The number of oxime groups is 1. The molecular weight excluding hydrogens is 266 g/mol. The molecule has 0 amide bonds. The molecule has 0 spiro atoms. The van der Waals surface area contributed by atoms with E-state index in [2.05, 4.69) is 17.1 Å². The van der Waals surface area contributed by atoms with E-state index in [1.165, 1.54) is 6.42 Å². The first kappa shape index (κ1) is 15.8. The summed E-state index contributed by atoms with van der Waals surface area (Å²) in [5, 5.41) is 12.2. The van der Waals surface area contributed by atoms with Crippen molar-refractivity contribution in [1.29, 1.82) is 0 Å². The second-order valence-electron chi connectivity index (χ2n) is 5.79. The maximum Gasteiger partial charge on any atom is 0.147 e. The first-order chi connectivity index (χ1) is 10.2. The molecule has 1 aliphatic rings. The highest BCUT2D eigenvalue weighted by atomic mass is 16.5. The van der Waals surface area contributed by atoms with E-state index in [0.29, 0.717) is 5.92 Å². The van der Waals surface area contributed by atoms with Crippen molar-refractivity contribution in [3.05, 3.63) is 35.9 Å². The highest BCUT2D eigenvalue weighted by molar-refractivity contribution is 5.87. The largest absolute Gasteiger partial charge is 0.409 e. The zero-order valence-electron chi connectivity index (χ0n) is 12.6. The van der Waals surface area contributed by atoms with Crippen LogP contribution in [-0.2, 0) is 4.74 Å². The van der Waals surface area contributed by atoms with Crippen molar-refractivity contribution in [3.8, 4) is 0 Å². The zero-order chi connectivity index (χ0) is 15.1. The molecule has 21 heavy (non-hydrogen) atoms. The van der Waals surface area contributed by atoms with Crippen LogP contribution in [0.5, 0.6) is 0 Å². The summed E-state index contributed by atoms with van der Waals surface area (Å²) in [4.78, 5) is 2.25. The number of hydrogen-bond acceptors (Lipinski definition) is 4. The van der Waals surface area contributed by atoms with Crippen LogP contribution in [0.3, 0.4) is 0 Å². The molecule has 116 valence electrons. The summed E-state index contributed by atoms with van der Waals surface area (Å²) in [5.74, 6) is 0.742. The van der Waals surface area contributed by atoms with Crippen LogP contribution in [-0.4, -0.2) is 49.3 Å². The number of nitrogens with zero attached hydrogens (tertiary/aromatic N) is 2. The summed E-state index contributed by atoms with van der Waals surface area (Å²) >= 11 is 0. The van der Waals surface area contributed by atoms with E-state index in [9.17, 15) is 0 Å². The Morgan fingerprint density at radius 2 is 2.24 bits per heavy atom. The molecule has 2 rings (SSSR count). The molecule has 3 N–H and O–H groups in total. The van der Waals surface area contributed by atoms with E-state index in [0.717, 1.165) is 38.3 Å². The van der Waals surface area contributed by atoms with Crippen LogP contribution in [0.1, 0.15) is 24.3 Å². The Morgan fingerprint density at radius 3 is 2.86 bits per heavy atom. The monoisotopic (exact) mass is 291 g/mol. The van der Waals surface area contributed by atoms with Crippen molar-refractivity contribution >= 4 is 5.84 Å². The number of ether oxygens (including phenoxy) is 1. The molecule has 1 aliphatic heterocycles. The molecule has 1 fully saturated rings. The van der Waals surface area contributed by atoms with Crippen molar-refractivity contribution in [2.75, 3.05) is 33.4 Å². The fourth-order valence-electron chi connectivity index (χ4n) is 2.90. The molecule has 0 radical (unpaired) electrons. The number of likely N-dealkylation sites (N-methyl/N-ethyl adjacent to an activating group) is 1. The number of nitrogens with two attached hydrogens (primary N) is 1. The molecular formula is C16H25N3O2. The summed E-state index contributed by atoms with van der Waals surface area (Å²) in [5.41, 5.74) is 6.95. The van der Waals surface area contributed by atoms with Gasteiger partial charge in [0.25, 0.3) is 0 Å². The highest BCUT2D eigenvalue weighted by Crippen LogP contribution is 2.19. The average molecular weight is 291 g/mol. The lowest BCUT2D eigenvalue weighted by molar-refractivity contribution is 0.0419. The van der Waals surface area contributed by atoms with Crippen LogP contribution >= 0.6 is 0 Å². The van der Waals surface area contributed by atoms with Gasteiger partial charge in [0.1, 0.15) is 5.84 Å². The Kier molecular flexibility index (Phi) is 6.02. The molecule has 1 aromatic rings. The minimum atomic E-state index is -0.0919. The molecule has 5 nitrogen and oxygen atoms in total. The van der Waals surface area contributed by atoms with Gasteiger partial charge < -0.3 is 20.6 Å². The third kappa shape index (κ3) is 4.72. The van der Waals surface area contributed by atoms with Crippen LogP contribution in [0.4, 0.5) is 0 Å². The van der Waals surface area contributed by atoms with Crippen molar-refractivity contribution < 1.29 is 9.94 Å². The van der Waals surface area contributed by atoms with E-state index in [4.69, 9.17) is 15.7 Å². The first-order valence-corrected chi connectivity index (χ1v) is 7.49. The Labute approximate surface area is 126 Å². The topological polar surface area (TPSA) is 71.1 Å². The van der Waals surface area contributed by atoms with E-state index >= 15 is 0 Å². The van der Waals surface area contributed by atoms with Gasteiger partial charge in [-0.3, -0.25) is 0 Å². The van der Waals surface area contributed by atoms with Crippen molar-refractivity contribution in [2.45, 2.75) is 18.8 Å². The number of hydrogen-bond donors (Lipinski definition) is 2. The third-order valence-electron chi connectivity index (χ3n) is 3.99. The van der Waals surface area contributed by atoms with E-state index in [-0.39, 0.29) is 11.8 Å². The summed E-state index contributed by atoms with van der Waals surface area (Å²) in [6.45, 7) is 3.43. The fraction of sp³-hybridized carbons (Fsp3) is 0.562. The maximum atomic E-state index is 9.03. The van der Waals surface area contributed by atoms with Crippen LogP contribution in [0.25, 0.3) is 0 Å². The lowest BCUT2D eigenvalue weighted by atomic mass is 9.96. The van der Waals surface area contributed by atoms with Gasteiger partial charge in [0.05, 0.1) is 12.5 Å². The zero-order valence-corrected chi connectivity index (χ0v) is 12.6. The van der Waals surface area contributed by atoms with Gasteiger partial charge in [0, 0.05) is 19.7 Å². The minimum absolute atomic E-state index is 0.0919. The molecule has 1 heterocycles. The molecule has 1 aromatic carbocycles. The highest BCUT2D eigenvalue weighted by Gasteiger charge is 2.21. The average Bonchev–Trinajstić information content (AvgIpc) is 2.53. The van der Waals surface area contributed by atoms with Gasteiger partial charge in [0.15, 0.2) is 0 Å². The number of amidine groups is 1. The summed E-state index contributed by atoms with van der Waals surface area (Å²) < 4.78 is 5.53. The third-order valence-corrected chi connectivity index (χ3v) is 3.99. The van der Waals surface area contributed by atoms with Crippen molar-refractivity contribution in [3.63, 3.8) is 0 Å². The van der Waals surface area contributed by atoms with Gasteiger partial charge in [0.2, 0.25) is 0 Å². The standard InChI is InChI=1S/C16H25N3O2/c1-19(10-13-6-5-9-21-12-13)11-15(16(17)18-20)14-7-3-2-4-8-14/h2-4,7-8,13,15,20H,5-6,9-12H2,1H3,(H2,17,18). The van der Waals surface area contributed by atoms with Crippen LogP contribution in [0.15, 0.2) is 35.5 Å². The van der Waals surface area contributed by atoms with Crippen LogP contribution < -0.4 is 5.73 Å². The molecule has 0 aliphatic carbocycles. The predicted molar refractivity (Wildman–Crippen MR) is 83.6 cm³/mol. The van der Waals surface area contributed by atoms with Crippen molar-refractivity contribution in [1.82, 2.24) is 4.90 Å². The van der Waals surface area contributed by atoms with E-state index in [1.807, 2.05) is 30.3 Å². The Bertz CT molecular complexity index is 444. The molecule has 2 unspecified atom stereocenters. The number of rotatable bonds is 6. The second kappa shape index (κ2) is 8.00. The molecule has 0 bridgehead atoms. The van der Waals surface area contributed by atoms with Crippen LogP contribution in [0, 0.1) is 5.92 Å². The first-order valence-electron chi connectivity index (χ1n) is 7.49. The SMILES string of the molecule is CN(CC1CCCOC1)CC(C(N)=NO)c1ccccc1. The van der Waals surface area contributed by atoms with E-state index < -0.39 is 0 Å². The molecule has 0 aromatic heterocycles. The fourth-order valence-corrected chi connectivity index (χ4v) is 2.90. The number of benzene rings is 1. The Hall–Kier alpha value is -1.59. The van der Waals surface area contributed by atoms with Crippen molar-refractivity contribution in [2.24, 2.45) is 16.8 Å². The van der Waals surface area contributed by atoms with Gasteiger partial charge >= 0.3 is 0 Å². The lowest BCUT2D eigenvalue weighted by Gasteiger charge is -2.29. The summed E-state index contributed by atoms with van der Waals surface area (Å²) in [7, 11) is 2.08. The predicted octanol–water partition coefficient (Wildman–Crippen LogP) is 1.88. The maximum absolute atomic E-state index is 9.03. The van der Waals surface area contributed by atoms with Gasteiger partial charge in [-0.1, -0.05) is 35.5 Å². The molecule has 0 saturated carbocycles. The normalized spacial score (nSPS) is 21.4. The Morgan fingerprint density at radius 1 is 1.48 bits per heavy atom. The molecule has 1 saturated heterocycles. The summed E-state index contributed by atoms with van der Waals surface area (Å²) in [6, 6.07) is 9.94. The Balaban J connectivity index is 1.98. The quantitative estimate of drug-likeness (QED) is 0.363. The lowest BCUT2D eigenvalue weighted by Crippen LogP contribution is -2.37. The summed E-state index contributed by atoms with van der Waals surface area (Å²) in [6.07, 6.45) is 2.35.